The first-order chi connectivity index (χ1) is 27.3. The van der Waals surface area contributed by atoms with E-state index in [2.05, 4.69) is 5.32 Å². The van der Waals surface area contributed by atoms with Crippen LogP contribution in [0.15, 0.2) is 158 Å². The first-order valence-corrected chi connectivity index (χ1v) is 18.3. The molecule has 0 spiro atoms. The summed E-state index contributed by atoms with van der Waals surface area (Å²) in [6, 6.07) is 47.0. The van der Waals surface area contributed by atoms with Crippen molar-refractivity contribution in [2.75, 3.05) is 17.2 Å². The Morgan fingerprint density at radius 1 is 0.750 bits per heavy atom. The molecule has 0 saturated heterocycles. The maximum absolute atomic E-state index is 14.9. The maximum atomic E-state index is 14.9. The van der Waals surface area contributed by atoms with Crippen LogP contribution in [-0.2, 0) is 19.6 Å². The van der Waals surface area contributed by atoms with Crippen LogP contribution in [0.4, 0.5) is 21.9 Å². The zero-order valence-corrected chi connectivity index (χ0v) is 30.4. The fourth-order valence-electron chi connectivity index (χ4n) is 7.37. The number of carbonyl (C=O) groups is 3. The highest BCUT2D eigenvalue weighted by molar-refractivity contribution is 6.17. The fourth-order valence-corrected chi connectivity index (χ4v) is 7.37. The lowest BCUT2D eigenvalue weighted by molar-refractivity contribution is 0.0637. The van der Waals surface area contributed by atoms with Gasteiger partial charge in [0, 0.05) is 41.7 Å². The molecule has 10 nitrogen and oxygen atoms in total. The molecular formula is C46H39N5O5. The van der Waals surface area contributed by atoms with Gasteiger partial charge in [-0.25, -0.2) is 4.79 Å². The molecule has 0 bridgehead atoms. The predicted molar refractivity (Wildman–Crippen MR) is 218 cm³/mol. The number of rotatable bonds is 10. The Hall–Kier alpha value is -7.33. The molecule has 1 aliphatic heterocycles. The van der Waals surface area contributed by atoms with Gasteiger partial charge in [0.05, 0.1) is 28.4 Å². The minimum atomic E-state index is -1.16. The molecule has 2 heterocycles. The second kappa shape index (κ2) is 15.6. The van der Waals surface area contributed by atoms with E-state index in [0.29, 0.717) is 64.6 Å². The predicted octanol–water partition coefficient (Wildman–Crippen LogP) is 8.60. The van der Waals surface area contributed by atoms with Gasteiger partial charge in [0.25, 0.3) is 11.8 Å². The summed E-state index contributed by atoms with van der Waals surface area (Å²) in [6.45, 7) is 0.780. The lowest BCUT2D eigenvalue weighted by atomic mass is 9.93. The average molecular weight is 742 g/mol. The smallest absolute Gasteiger partial charge is 0.404 e. The third kappa shape index (κ3) is 7.28. The summed E-state index contributed by atoms with van der Waals surface area (Å²) in [6.07, 6.45) is 1.10. The summed E-state index contributed by atoms with van der Waals surface area (Å²) in [4.78, 5) is 44.6. The van der Waals surface area contributed by atoms with Gasteiger partial charge < -0.3 is 30.4 Å². The van der Waals surface area contributed by atoms with Crippen molar-refractivity contribution in [1.29, 1.82) is 0 Å². The largest absolute Gasteiger partial charge is 0.489 e. The Labute approximate surface area is 324 Å². The molecule has 3 amide bonds. The number of nitrogens with zero attached hydrogens (tertiary/aromatic N) is 3. The molecular weight excluding hydrogens is 703 g/mol. The van der Waals surface area contributed by atoms with Crippen molar-refractivity contribution in [3.05, 3.63) is 186 Å². The van der Waals surface area contributed by atoms with Crippen LogP contribution >= 0.6 is 0 Å². The topological polar surface area (TPSA) is 130 Å². The van der Waals surface area contributed by atoms with Crippen molar-refractivity contribution >= 4 is 45.9 Å². The minimum absolute atomic E-state index is 0.0631. The summed E-state index contributed by atoms with van der Waals surface area (Å²) in [5, 5.41) is 12.6. The zero-order chi connectivity index (χ0) is 38.6. The van der Waals surface area contributed by atoms with E-state index >= 15 is 0 Å². The van der Waals surface area contributed by atoms with Crippen molar-refractivity contribution in [3.63, 3.8) is 0 Å². The van der Waals surface area contributed by atoms with Gasteiger partial charge in [-0.1, -0.05) is 91.0 Å². The Bertz CT molecular complexity index is 2540. The van der Waals surface area contributed by atoms with Gasteiger partial charge in [-0.3, -0.25) is 14.5 Å². The average Bonchev–Trinajstić information content (AvgIpc) is 3.62. The number of carbonyl (C=O) groups excluding carboxylic acids is 2. The van der Waals surface area contributed by atoms with E-state index in [9.17, 15) is 19.5 Å². The van der Waals surface area contributed by atoms with E-state index in [1.165, 1.54) is 0 Å². The fraction of sp³-hybridized carbons (Fsp3) is 0.109. The van der Waals surface area contributed by atoms with Crippen molar-refractivity contribution in [3.8, 4) is 11.4 Å². The Balaban J connectivity index is 1.17. The number of amides is 3. The number of fused-ring (bicyclic) bond motifs is 2. The van der Waals surface area contributed by atoms with Crippen LogP contribution in [0.2, 0.25) is 0 Å². The van der Waals surface area contributed by atoms with E-state index in [4.69, 9.17) is 10.5 Å². The number of hydrogen-bond acceptors (Lipinski definition) is 5. The summed E-state index contributed by atoms with van der Waals surface area (Å²) in [5.41, 5.74) is 13.2. The van der Waals surface area contributed by atoms with E-state index in [0.717, 1.165) is 22.2 Å². The minimum Gasteiger partial charge on any atom is -0.489 e. The highest BCUT2D eigenvalue weighted by Gasteiger charge is 2.33. The van der Waals surface area contributed by atoms with Crippen molar-refractivity contribution in [2.24, 2.45) is 0 Å². The molecule has 6 aromatic carbocycles. The first-order valence-electron chi connectivity index (χ1n) is 18.3. The van der Waals surface area contributed by atoms with E-state index in [-0.39, 0.29) is 18.4 Å². The number of benzene rings is 6. The number of para-hydroxylation sites is 2. The maximum Gasteiger partial charge on any atom is 0.404 e. The molecule has 56 heavy (non-hydrogen) atoms. The van der Waals surface area contributed by atoms with Gasteiger partial charge >= 0.3 is 6.09 Å². The van der Waals surface area contributed by atoms with Crippen LogP contribution in [0.5, 0.6) is 5.75 Å². The van der Waals surface area contributed by atoms with Crippen LogP contribution in [0.1, 0.15) is 37.4 Å². The quantitative estimate of drug-likeness (QED) is 0.120. The number of hydrogen-bond donors (Lipinski definition) is 3. The van der Waals surface area contributed by atoms with Gasteiger partial charge in [-0.2, -0.15) is 0 Å². The highest BCUT2D eigenvalue weighted by Crippen LogP contribution is 2.35. The molecule has 1 atom stereocenters. The Morgan fingerprint density at radius 3 is 2.16 bits per heavy atom. The molecule has 4 N–H and O–H groups in total. The molecule has 278 valence electrons. The first kappa shape index (κ1) is 35.7. The molecule has 0 aliphatic carbocycles. The molecule has 1 aromatic heterocycles. The van der Waals surface area contributed by atoms with Crippen LogP contribution in [0.25, 0.3) is 16.6 Å². The van der Waals surface area contributed by atoms with Gasteiger partial charge in [-0.05, 0) is 83.8 Å². The molecule has 0 fully saturated rings. The molecule has 0 unspecified atom stereocenters. The number of carboxylic acid groups (broad SMARTS) is 1. The van der Waals surface area contributed by atoms with E-state index in [1.807, 2.05) is 138 Å². The molecule has 0 radical (unpaired) electrons. The summed E-state index contributed by atoms with van der Waals surface area (Å²) >= 11 is 0. The summed E-state index contributed by atoms with van der Waals surface area (Å²) in [7, 11) is 0. The monoisotopic (exact) mass is 741 g/mol. The number of nitrogen functional groups attached to an aromatic ring is 1. The van der Waals surface area contributed by atoms with E-state index in [1.54, 1.807) is 34.2 Å². The van der Waals surface area contributed by atoms with Gasteiger partial charge in [-0.15, -0.1) is 0 Å². The number of nitrogens with two attached hydrogens (primary N) is 1. The Morgan fingerprint density at radius 2 is 1.41 bits per heavy atom. The SMILES string of the molecule is Nc1ccc(-n2cc(C(=O)N(c3ccccc3)c3ccc(OCc4ccccc4)cc3)c3ccccc32)c(C(=O)N2Cc3ccccc3C[C@H]2CNC(=O)O)c1. The second-order valence-electron chi connectivity index (χ2n) is 13.7. The molecule has 0 saturated carbocycles. The van der Waals surface area contributed by atoms with Gasteiger partial charge in [0.1, 0.15) is 12.4 Å². The van der Waals surface area contributed by atoms with E-state index < -0.39 is 12.1 Å². The van der Waals surface area contributed by atoms with Crippen LogP contribution in [0, 0.1) is 0 Å². The summed E-state index contributed by atoms with van der Waals surface area (Å²) in [5.74, 6) is 0.110. The number of nitrogens with one attached hydrogen (secondary N) is 1. The molecule has 8 rings (SSSR count). The highest BCUT2D eigenvalue weighted by atomic mass is 16.5. The lowest BCUT2D eigenvalue weighted by Crippen LogP contribution is -2.50. The third-order valence-electron chi connectivity index (χ3n) is 10.1. The number of ether oxygens (including phenoxy) is 1. The van der Waals surface area contributed by atoms with Gasteiger partial charge in [0.2, 0.25) is 0 Å². The van der Waals surface area contributed by atoms with Crippen molar-refractivity contribution in [2.45, 2.75) is 25.6 Å². The van der Waals surface area contributed by atoms with Crippen LogP contribution in [0.3, 0.4) is 0 Å². The third-order valence-corrected chi connectivity index (χ3v) is 10.1. The van der Waals surface area contributed by atoms with Gasteiger partial charge in [0.15, 0.2) is 0 Å². The number of aromatic nitrogens is 1. The van der Waals surface area contributed by atoms with Crippen molar-refractivity contribution in [1.82, 2.24) is 14.8 Å². The summed E-state index contributed by atoms with van der Waals surface area (Å²) < 4.78 is 7.90. The molecule has 1 aliphatic rings. The van der Waals surface area contributed by atoms with Crippen LogP contribution in [-0.4, -0.2) is 45.1 Å². The lowest BCUT2D eigenvalue weighted by Gasteiger charge is -2.37. The second-order valence-corrected chi connectivity index (χ2v) is 13.7. The standard InChI is InChI=1S/C46H39N5O5/c47-34-19-24-43(40(26-34)44(52)49-28-33-14-8-7-13-32(33)25-37(49)27-48-46(54)55)50-29-41(39-17-9-10-18-42(39)50)45(53)51(35-15-5-2-6-16-35)36-20-22-38(23-21-36)56-30-31-11-3-1-4-12-31/h1-24,26,29,37,48H,25,27-28,30,47H2,(H,54,55)/t37-/m0/s1. The van der Waals surface area contributed by atoms with Crippen molar-refractivity contribution < 1.29 is 24.2 Å². The molecule has 10 heteroatoms. The number of anilines is 3. The van der Waals surface area contributed by atoms with Crippen LogP contribution < -0.4 is 20.7 Å². The molecule has 7 aromatic rings. The normalized spacial score (nSPS) is 13.5. The zero-order valence-electron chi connectivity index (χ0n) is 30.4. The Kier molecular flexibility index (Phi) is 9.92.